The highest BCUT2D eigenvalue weighted by molar-refractivity contribution is 5.91. The summed E-state index contributed by atoms with van der Waals surface area (Å²) in [6.07, 6.45) is 9.29. The summed E-state index contributed by atoms with van der Waals surface area (Å²) < 4.78 is 3.49. The molecule has 4 heterocycles. The summed E-state index contributed by atoms with van der Waals surface area (Å²) in [7, 11) is 0. The molecule has 52 heavy (non-hydrogen) atoms. The van der Waals surface area contributed by atoms with Crippen LogP contribution in [0.4, 0.5) is 11.4 Å². The van der Waals surface area contributed by atoms with E-state index < -0.39 is 6.23 Å². The van der Waals surface area contributed by atoms with Gasteiger partial charge in [0.2, 0.25) is 5.91 Å². The molecule has 3 N–H and O–H groups in total. The van der Waals surface area contributed by atoms with E-state index in [0.717, 1.165) is 95.3 Å². The summed E-state index contributed by atoms with van der Waals surface area (Å²) in [5, 5.41) is 36.8. The largest absolute Gasteiger partial charge is 0.374 e. The minimum atomic E-state index is -0.617. The summed E-state index contributed by atoms with van der Waals surface area (Å²) in [4.78, 5) is 17.3. The maximum atomic E-state index is 12.6. The smallest absolute Gasteiger partial charge is 0.225 e. The fraction of sp³-hybridized carbons (Fsp3) is 0.325. The fourth-order valence-electron chi connectivity index (χ4n) is 7.14. The number of aromatic nitrogens is 6. The number of nitrogens with one attached hydrogen (secondary N) is 2. The van der Waals surface area contributed by atoms with Crippen LogP contribution < -0.4 is 10.6 Å². The van der Waals surface area contributed by atoms with E-state index >= 15 is 0 Å². The van der Waals surface area contributed by atoms with Crippen molar-refractivity contribution in [3.05, 3.63) is 97.3 Å². The summed E-state index contributed by atoms with van der Waals surface area (Å²) in [5.41, 5.74) is 6.63. The second kappa shape index (κ2) is 15.4. The highest BCUT2D eigenvalue weighted by atomic mass is 16.3. The van der Waals surface area contributed by atoms with Gasteiger partial charge < -0.3 is 25.5 Å². The van der Waals surface area contributed by atoms with Crippen molar-refractivity contribution in [3.63, 3.8) is 0 Å². The van der Waals surface area contributed by atoms with Crippen molar-refractivity contribution < 1.29 is 9.90 Å². The minimum absolute atomic E-state index is 0.0163. The van der Waals surface area contributed by atoms with E-state index in [1.807, 2.05) is 67.0 Å². The molecule has 1 unspecified atom stereocenters. The summed E-state index contributed by atoms with van der Waals surface area (Å²) in [5.74, 6) is 0.0163. The lowest BCUT2D eigenvalue weighted by atomic mass is 10.0. The maximum Gasteiger partial charge on any atom is 0.225 e. The average Bonchev–Trinajstić information content (AvgIpc) is 4.01. The lowest BCUT2D eigenvalue weighted by molar-refractivity contribution is -0.116. The van der Waals surface area contributed by atoms with Crippen LogP contribution in [0, 0.1) is 0 Å². The van der Waals surface area contributed by atoms with Crippen LogP contribution in [-0.2, 0) is 4.79 Å². The molecule has 12 heteroatoms. The molecule has 2 aromatic heterocycles. The van der Waals surface area contributed by atoms with Crippen LogP contribution in [0.15, 0.2) is 97.3 Å². The molecule has 2 saturated heterocycles. The number of nitrogens with zero attached hydrogens (tertiary/aromatic N) is 8. The van der Waals surface area contributed by atoms with E-state index in [0.29, 0.717) is 12.8 Å². The Hall–Kier alpha value is -5.43. The molecular weight excluding hydrogens is 653 g/mol. The molecule has 6 aromatic rings. The van der Waals surface area contributed by atoms with Crippen molar-refractivity contribution in [3.8, 4) is 33.9 Å². The number of anilines is 2. The predicted molar refractivity (Wildman–Crippen MR) is 203 cm³/mol. The second-order valence-corrected chi connectivity index (χ2v) is 13.8. The third kappa shape index (κ3) is 8.04. The van der Waals surface area contributed by atoms with Gasteiger partial charge in [0.1, 0.15) is 17.6 Å². The number of aliphatic hydroxyl groups excluding tert-OH is 1. The van der Waals surface area contributed by atoms with E-state index in [9.17, 15) is 9.90 Å². The number of aliphatic hydroxyl groups is 1. The van der Waals surface area contributed by atoms with Crippen molar-refractivity contribution in [2.24, 2.45) is 0 Å². The van der Waals surface area contributed by atoms with Crippen LogP contribution in [0.1, 0.15) is 38.5 Å². The molecule has 12 nitrogen and oxygen atoms in total. The SMILES string of the molecule is O=C(CCN1CCCC1)Nc1cccc(-n2cc(-c3ccc4ccc(-c5cn(-c6cccc(NC(O)CCN7CCCC7)c6)nn5)cc4c3)nn2)c1. The Kier molecular flexibility index (Phi) is 10.0. The maximum absolute atomic E-state index is 12.6. The molecule has 0 saturated carbocycles. The summed E-state index contributed by atoms with van der Waals surface area (Å²) >= 11 is 0. The Morgan fingerprint density at radius 3 is 1.85 bits per heavy atom. The van der Waals surface area contributed by atoms with Crippen molar-refractivity contribution in [2.75, 3.05) is 49.9 Å². The predicted octanol–water partition coefficient (Wildman–Crippen LogP) is 5.98. The van der Waals surface area contributed by atoms with Crippen molar-refractivity contribution >= 4 is 28.1 Å². The molecule has 2 aliphatic rings. The number of hydrogen-bond acceptors (Lipinski definition) is 9. The monoisotopic (exact) mass is 696 g/mol. The van der Waals surface area contributed by atoms with Gasteiger partial charge in [-0.05, 0) is 111 Å². The van der Waals surface area contributed by atoms with Gasteiger partial charge in [0.05, 0.1) is 23.8 Å². The quantitative estimate of drug-likeness (QED) is 0.125. The Bertz CT molecular complexity index is 2150. The highest BCUT2D eigenvalue weighted by Crippen LogP contribution is 2.28. The Labute approximate surface area is 303 Å². The molecule has 266 valence electrons. The molecule has 0 radical (unpaired) electrons. The fourth-order valence-corrected chi connectivity index (χ4v) is 7.14. The van der Waals surface area contributed by atoms with Gasteiger partial charge in [-0.1, -0.05) is 46.8 Å². The number of carbonyl (C=O) groups is 1. The molecule has 0 spiro atoms. The molecular formula is C40H44N10O2. The molecule has 0 aliphatic carbocycles. The molecule has 8 rings (SSSR count). The van der Waals surface area contributed by atoms with Crippen LogP contribution >= 0.6 is 0 Å². The number of rotatable bonds is 13. The third-order valence-electron chi connectivity index (χ3n) is 10.0. The van der Waals surface area contributed by atoms with E-state index in [4.69, 9.17) is 0 Å². The molecule has 1 amide bonds. The number of hydrogen-bond donors (Lipinski definition) is 3. The van der Waals surface area contributed by atoms with Crippen LogP contribution in [0.3, 0.4) is 0 Å². The summed E-state index contributed by atoms with van der Waals surface area (Å²) in [6, 6.07) is 28.0. The Balaban J connectivity index is 0.935. The standard InChI is InChI=1S/C40H44N10O2/c51-39(15-21-47-17-1-2-18-47)41-33-7-5-9-35(25-33)49-27-37(43-45-49)30-13-11-29-12-14-31(24-32(29)23-30)38-28-50(46-44-38)36-10-6-8-34(26-36)42-40(52)16-22-48-19-3-4-20-48/h5-14,23-28,39,41,51H,1-4,15-22H2,(H,42,52). The summed E-state index contributed by atoms with van der Waals surface area (Å²) in [6.45, 7) is 6.10. The van der Waals surface area contributed by atoms with Crippen LogP contribution in [0.5, 0.6) is 0 Å². The first-order valence-corrected chi connectivity index (χ1v) is 18.3. The van der Waals surface area contributed by atoms with Crippen molar-refractivity contribution in [1.29, 1.82) is 0 Å². The van der Waals surface area contributed by atoms with Gasteiger partial charge in [-0.3, -0.25) is 4.79 Å². The van der Waals surface area contributed by atoms with Gasteiger partial charge in [-0.15, -0.1) is 10.2 Å². The van der Waals surface area contributed by atoms with Gasteiger partial charge in [-0.25, -0.2) is 9.36 Å². The van der Waals surface area contributed by atoms with Gasteiger partial charge in [-0.2, -0.15) is 0 Å². The third-order valence-corrected chi connectivity index (χ3v) is 10.0. The van der Waals surface area contributed by atoms with Gasteiger partial charge >= 0.3 is 0 Å². The average molecular weight is 697 g/mol. The number of likely N-dealkylation sites (tertiary alicyclic amines) is 2. The first-order chi connectivity index (χ1) is 25.5. The Morgan fingerprint density at radius 1 is 0.673 bits per heavy atom. The zero-order chi connectivity index (χ0) is 35.3. The molecule has 2 aliphatic heterocycles. The van der Waals surface area contributed by atoms with Gasteiger partial charge in [0.15, 0.2) is 0 Å². The molecule has 2 fully saturated rings. The van der Waals surface area contributed by atoms with Crippen molar-refractivity contribution in [1.82, 2.24) is 39.8 Å². The normalized spacial score (nSPS) is 15.7. The first-order valence-electron chi connectivity index (χ1n) is 18.3. The lowest BCUT2D eigenvalue weighted by Gasteiger charge is -2.19. The van der Waals surface area contributed by atoms with Crippen LogP contribution in [-0.4, -0.2) is 96.3 Å². The zero-order valence-corrected chi connectivity index (χ0v) is 29.2. The van der Waals surface area contributed by atoms with E-state index in [-0.39, 0.29) is 5.91 Å². The van der Waals surface area contributed by atoms with E-state index in [1.165, 1.54) is 25.7 Å². The van der Waals surface area contributed by atoms with Crippen LogP contribution in [0.2, 0.25) is 0 Å². The minimum Gasteiger partial charge on any atom is -0.374 e. The highest BCUT2D eigenvalue weighted by Gasteiger charge is 2.16. The molecule has 0 bridgehead atoms. The van der Waals surface area contributed by atoms with E-state index in [1.54, 1.807) is 9.36 Å². The lowest BCUT2D eigenvalue weighted by Crippen LogP contribution is -2.28. The zero-order valence-electron chi connectivity index (χ0n) is 29.2. The van der Waals surface area contributed by atoms with E-state index in [2.05, 4.69) is 71.4 Å². The topological polar surface area (TPSA) is 129 Å². The van der Waals surface area contributed by atoms with Crippen molar-refractivity contribution in [2.45, 2.75) is 44.8 Å². The second-order valence-electron chi connectivity index (χ2n) is 13.8. The first kappa shape index (κ1) is 33.7. The van der Waals surface area contributed by atoms with Gasteiger partial charge in [0, 0.05) is 48.4 Å². The number of amides is 1. The van der Waals surface area contributed by atoms with Crippen LogP contribution in [0.25, 0.3) is 44.7 Å². The Morgan fingerprint density at radius 2 is 1.23 bits per heavy atom. The van der Waals surface area contributed by atoms with Gasteiger partial charge in [0.25, 0.3) is 0 Å². The number of benzene rings is 4. The molecule has 4 aromatic carbocycles. The molecule has 1 atom stereocenters. The number of fused-ring (bicyclic) bond motifs is 1. The number of carbonyl (C=O) groups excluding carboxylic acids is 1.